The highest BCUT2D eigenvalue weighted by Gasteiger charge is 2.26. The molecule has 0 aliphatic carbocycles. The van der Waals surface area contributed by atoms with E-state index in [1.54, 1.807) is 11.8 Å². The molecule has 5 nitrogen and oxygen atoms in total. The maximum absolute atomic E-state index is 12.0. The molecule has 0 atom stereocenters. The van der Waals surface area contributed by atoms with Gasteiger partial charge in [-0.3, -0.25) is 4.79 Å². The van der Waals surface area contributed by atoms with Crippen molar-refractivity contribution < 1.29 is 14.7 Å². The summed E-state index contributed by atoms with van der Waals surface area (Å²) in [5, 5.41) is 11.6. The average Bonchev–Trinajstić information content (AvgIpc) is 2.41. The molecule has 0 rings (SSSR count). The summed E-state index contributed by atoms with van der Waals surface area (Å²) in [5.74, 6) is -0.883. The van der Waals surface area contributed by atoms with E-state index < -0.39 is 5.97 Å². The van der Waals surface area contributed by atoms with Crippen molar-refractivity contribution in [2.45, 2.75) is 44.8 Å². The van der Waals surface area contributed by atoms with E-state index in [4.69, 9.17) is 5.11 Å². The highest BCUT2D eigenvalue weighted by atomic mass is 32.2. The highest BCUT2D eigenvalue weighted by molar-refractivity contribution is 8.00. The lowest BCUT2D eigenvalue weighted by Crippen LogP contribution is -2.46. The third-order valence-corrected chi connectivity index (χ3v) is 5.14. The van der Waals surface area contributed by atoms with Gasteiger partial charge in [-0.2, -0.15) is 11.8 Å². The zero-order chi connectivity index (χ0) is 14.9. The molecule has 6 heteroatoms. The molecule has 0 aliphatic heterocycles. The summed E-state index contributed by atoms with van der Waals surface area (Å²) in [6, 6.07) is -0.177. The number of nitrogens with zero attached hydrogens (tertiary/aromatic N) is 1. The van der Waals surface area contributed by atoms with Crippen LogP contribution in [-0.4, -0.2) is 52.6 Å². The quantitative estimate of drug-likeness (QED) is 0.684. The Morgan fingerprint density at radius 2 is 1.84 bits per heavy atom. The SMILES string of the molecule is CCN(CCC(=O)O)C(=O)NCC(CC)(CC)SC. The first-order chi connectivity index (χ1) is 8.94. The number of hydrogen-bond acceptors (Lipinski definition) is 3. The fraction of sp³-hybridized carbons (Fsp3) is 0.846. The van der Waals surface area contributed by atoms with Crippen LogP contribution in [0.15, 0.2) is 0 Å². The predicted molar refractivity (Wildman–Crippen MR) is 79.7 cm³/mol. The number of nitrogens with one attached hydrogen (secondary N) is 1. The standard InChI is InChI=1S/C13H26N2O3S/c1-5-13(6-2,19-4)10-14-12(18)15(7-3)9-8-11(16)17/h5-10H2,1-4H3,(H,14,18)(H,16,17). The predicted octanol–water partition coefficient (Wildman–Crippen LogP) is 2.41. The number of carboxylic acid groups (broad SMARTS) is 1. The summed E-state index contributed by atoms with van der Waals surface area (Å²) in [7, 11) is 0. The minimum absolute atomic E-state index is 0.0174. The first-order valence-electron chi connectivity index (χ1n) is 6.74. The Bertz CT molecular complexity index is 285. The van der Waals surface area contributed by atoms with Gasteiger partial charge in [0.15, 0.2) is 0 Å². The van der Waals surface area contributed by atoms with Crippen LogP contribution in [-0.2, 0) is 4.79 Å². The van der Waals surface area contributed by atoms with Gasteiger partial charge in [-0.15, -0.1) is 0 Å². The Labute approximate surface area is 120 Å². The topological polar surface area (TPSA) is 69.6 Å². The van der Waals surface area contributed by atoms with Crippen molar-refractivity contribution >= 4 is 23.8 Å². The molecule has 0 saturated heterocycles. The van der Waals surface area contributed by atoms with E-state index in [-0.39, 0.29) is 23.7 Å². The lowest BCUT2D eigenvalue weighted by molar-refractivity contribution is -0.137. The van der Waals surface area contributed by atoms with Crippen LogP contribution in [0, 0.1) is 0 Å². The summed E-state index contributed by atoms with van der Waals surface area (Å²) in [6.45, 7) is 7.47. The smallest absolute Gasteiger partial charge is 0.317 e. The van der Waals surface area contributed by atoms with E-state index in [1.165, 1.54) is 4.90 Å². The maximum atomic E-state index is 12.0. The third-order valence-electron chi connectivity index (χ3n) is 3.55. The van der Waals surface area contributed by atoms with Crippen LogP contribution in [0.5, 0.6) is 0 Å². The highest BCUT2D eigenvalue weighted by Crippen LogP contribution is 2.29. The molecule has 0 aromatic heterocycles. The molecular formula is C13H26N2O3S. The van der Waals surface area contributed by atoms with Crippen molar-refractivity contribution in [2.75, 3.05) is 25.9 Å². The van der Waals surface area contributed by atoms with E-state index in [9.17, 15) is 9.59 Å². The van der Waals surface area contributed by atoms with Crippen LogP contribution in [0.4, 0.5) is 4.79 Å². The molecule has 0 saturated carbocycles. The van der Waals surface area contributed by atoms with Crippen molar-refractivity contribution in [1.82, 2.24) is 10.2 Å². The fourth-order valence-electron chi connectivity index (χ4n) is 1.84. The van der Waals surface area contributed by atoms with Crippen LogP contribution in [0.25, 0.3) is 0 Å². The molecule has 0 fully saturated rings. The molecule has 19 heavy (non-hydrogen) atoms. The van der Waals surface area contributed by atoms with E-state index in [2.05, 4.69) is 25.4 Å². The van der Waals surface area contributed by atoms with Gasteiger partial charge in [-0.05, 0) is 26.0 Å². The van der Waals surface area contributed by atoms with Gasteiger partial charge >= 0.3 is 12.0 Å². The number of carbonyl (C=O) groups excluding carboxylic acids is 1. The molecule has 0 bridgehead atoms. The van der Waals surface area contributed by atoms with Crippen molar-refractivity contribution in [2.24, 2.45) is 0 Å². The van der Waals surface area contributed by atoms with Crippen LogP contribution >= 0.6 is 11.8 Å². The van der Waals surface area contributed by atoms with E-state index in [0.717, 1.165) is 12.8 Å². The van der Waals surface area contributed by atoms with Crippen LogP contribution in [0.2, 0.25) is 0 Å². The van der Waals surface area contributed by atoms with E-state index in [0.29, 0.717) is 13.1 Å². The van der Waals surface area contributed by atoms with Gasteiger partial charge in [-0.25, -0.2) is 4.79 Å². The second-order valence-electron chi connectivity index (χ2n) is 4.48. The van der Waals surface area contributed by atoms with Gasteiger partial charge in [-0.1, -0.05) is 13.8 Å². The van der Waals surface area contributed by atoms with Gasteiger partial charge in [0.25, 0.3) is 0 Å². The van der Waals surface area contributed by atoms with Gasteiger partial charge in [0.2, 0.25) is 0 Å². The summed E-state index contributed by atoms with van der Waals surface area (Å²) in [5.41, 5.74) is 0. The number of carbonyl (C=O) groups is 2. The molecule has 0 aromatic rings. The fourth-order valence-corrected chi connectivity index (χ4v) is 2.64. The number of hydrogen-bond donors (Lipinski definition) is 2. The first kappa shape index (κ1) is 18.1. The zero-order valence-corrected chi connectivity index (χ0v) is 13.2. The molecule has 0 radical (unpaired) electrons. The first-order valence-corrected chi connectivity index (χ1v) is 7.96. The lowest BCUT2D eigenvalue weighted by Gasteiger charge is -2.31. The van der Waals surface area contributed by atoms with Gasteiger partial charge in [0, 0.05) is 24.4 Å². The number of amides is 2. The normalized spacial score (nSPS) is 11.2. The number of rotatable bonds is 9. The minimum Gasteiger partial charge on any atom is -0.481 e. The average molecular weight is 290 g/mol. The molecule has 2 N–H and O–H groups in total. The van der Waals surface area contributed by atoms with Gasteiger partial charge in [0.05, 0.1) is 6.42 Å². The largest absolute Gasteiger partial charge is 0.481 e. The molecular weight excluding hydrogens is 264 g/mol. The molecule has 0 aromatic carbocycles. The molecule has 112 valence electrons. The van der Waals surface area contributed by atoms with E-state index >= 15 is 0 Å². The van der Waals surface area contributed by atoms with Gasteiger partial charge in [0.1, 0.15) is 0 Å². The second-order valence-corrected chi connectivity index (χ2v) is 5.75. The molecule has 0 aliphatic rings. The molecule has 0 unspecified atom stereocenters. The third kappa shape index (κ3) is 6.18. The van der Waals surface area contributed by atoms with Gasteiger partial charge < -0.3 is 15.3 Å². The maximum Gasteiger partial charge on any atom is 0.317 e. The summed E-state index contributed by atoms with van der Waals surface area (Å²) >= 11 is 1.77. The number of aliphatic carboxylic acids is 1. The Balaban J connectivity index is 4.36. The summed E-state index contributed by atoms with van der Waals surface area (Å²) < 4.78 is 0.0713. The lowest BCUT2D eigenvalue weighted by atomic mass is 10.0. The Morgan fingerprint density at radius 1 is 1.26 bits per heavy atom. The Kier molecular flexibility index (Phi) is 8.63. The molecule has 0 spiro atoms. The van der Waals surface area contributed by atoms with Crippen molar-refractivity contribution in [3.8, 4) is 0 Å². The van der Waals surface area contributed by atoms with Crippen molar-refractivity contribution in [3.05, 3.63) is 0 Å². The summed E-state index contributed by atoms with van der Waals surface area (Å²) in [6.07, 6.45) is 4.02. The Hall–Kier alpha value is -0.910. The number of thioether (sulfide) groups is 1. The van der Waals surface area contributed by atoms with Crippen LogP contribution in [0.3, 0.4) is 0 Å². The summed E-state index contributed by atoms with van der Waals surface area (Å²) in [4.78, 5) is 24.1. The van der Waals surface area contributed by atoms with Crippen LogP contribution < -0.4 is 5.32 Å². The minimum atomic E-state index is -0.883. The van der Waals surface area contributed by atoms with Crippen molar-refractivity contribution in [1.29, 1.82) is 0 Å². The Morgan fingerprint density at radius 3 is 2.21 bits per heavy atom. The number of carboxylic acids is 1. The zero-order valence-electron chi connectivity index (χ0n) is 12.4. The molecule has 2 amide bonds. The number of urea groups is 1. The monoisotopic (exact) mass is 290 g/mol. The molecule has 0 heterocycles. The van der Waals surface area contributed by atoms with E-state index in [1.807, 2.05) is 6.92 Å². The second kappa shape index (κ2) is 9.07. The van der Waals surface area contributed by atoms with Crippen molar-refractivity contribution in [3.63, 3.8) is 0 Å². The van der Waals surface area contributed by atoms with Crippen LogP contribution in [0.1, 0.15) is 40.0 Å².